The maximum absolute atomic E-state index is 12.0. The van der Waals surface area contributed by atoms with Crippen LogP contribution >= 0.6 is 0 Å². The van der Waals surface area contributed by atoms with Gasteiger partial charge in [0, 0.05) is 45.3 Å². The second-order valence-corrected chi connectivity index (χ2v) is 8.06. The van der Waals surface area contributed by atoms with Crippen LogP contribution in [0, 0.1) is 0 Å². The molecular weight excluding hydrogens is 340 g/mol. The van der Waals surface area contributed by atoms with E-state index in [4.69, 9.17) is 4.74 Å². The van der Waals surface area contributed by atoms with Crippen LogP contribution in [0.2, 0.25) is 0 Å². The number of ether oxygens (including phenoxy) is 1. The van der Waals surface area contributed by atoms with Crippen molar-refractivity contribution < 1.29 is 13.2 Å². The largest absolute Gasteiger partial charge is 0.385 e. The zero-order valence-electron chi connectivity index (χ0n) is 15.2. The number of pyridine rings is 1. The van der Waals surface area contributed by atoms with Crippen molar-refractivity contribution in [3.63, 3.8) is 0 Å². The number of nitrogens with zero attached hydrogens (tertiary/aromatic N) is 4. The molecule has 0 saturated heterocycles. The minimum Gasteiger partial charge on any atom is -0.385 e. The maximum atomic E-state index is 12.0. The molecule has 1 atom stereocenters. The number of aromatic nitrogens is 3. The van der Waals surface area contributed by atoms with Crippen molar-refractivity contribution in [2.45, 2.75) is 37.6 Å². The van der Waals surface area contributed by atoms with Crippen molar-refractivity contribution in [3.8, 4) is 0 Å². The van der Waals surface area contributed by atoms with Gasteiger partial charge in [-0.05, 0) is 32.5 Å². The van der Waals surface area contributed by atoms with Gasteiger partial charge < -0.3 is 9.30 Å². The van der Waals surface area contributed by atoms with Gasteiger partial charge in [-0.1, -0.05) is 6.07 Å². The molecule has 0 radical (unpaired) electrons. The first kappa shape index (κ1) is 19.6. The molecule has 2 heterocycles. The standard InChI is InChI=1S/C17H26N4O3S/c1-14(16-8-5-6-9-18-16)20(2)13-15-12-19-17(25(4,22)23)21(15)10-7-11-24-3/h5-6,8-9,12,14H,7,10-11,13H2,1-4H3. The molecule has 0 saturated carbocycles. The zero-order chi connectivity index (χ0) is 18.4. The van der Waals surface area contributed by atoms with E-state index in [1.165, 1.54) is 6.26 Å². The van der Waals surface area contributed by atoms with E-state index in [1.54, 1.807) is 24.1 Å². The molecule has 25 heavy (non-hydrogen) atoms. The van der Waals surface area contributed by atoms with E-state index < -0.39 is 9.84 Å². The number of methoxy groups -OCH3 is 1. The van der Waals surface area contributed by atoms with E-state index in [0.717, 1.165) is 17.8 Å². The summed E-state index contributed by atoms with van der Waals surface area (Å²) in [4.78, 5) is 10.7. The third-order valence-electron chi connectivity index (χ3n) is 4.15. The summed E-state index contributed by atoms with van der Waals surface area (Å²) in [6.45, 7) is 3.77. The van der Waals surface area contributed by atoms with Crippen LogP contribution in [0.3, 0.4) is 0 Å². The van der Waals surface area contributed by atoms with Gasteiger partial charge in [-0.15, -0.1) is 0 Å². The Kier molecular flexibility index (Phi) is 6.69. The average molecular weight is 366 g/mol. The van der Waals surface area contributed by atoms with E-state index >= 15 is 0 Å². The molecule has 0 spiro atoms. The molecule has 0 N–H and O–H groups in total. The molecule has 0 aliphatic rings. The topological polar surface area (TPSA) is 77.3 Å². The van der Waals surface area contributed by atoms with Crippen LogP contribution < -0.4 is 0 Å². The molecule has 0 bridgehead atoms. The molecule has 0 fully saturated rings. The maximum Gasteiger partial charge on any atom is 0.227 e. The molecule has 7 nitrogen and oxygen atoms in total. The lowest BCUT2D eigenvalue weighted by atomic mass is 10.2. The molecule has 2 aromatic rings. The minimum absolute atomic E-state index is 0.102. The van der Waals surface area contributed by atoms with Crippen molar-refractivity contribution in [1.82, 2.24) is 19.4 Å². The first-order chi connectivity index (χ1) is 11.8. The van der Waals surface area contributed by atoms with Crippen molar-refractivity contribution in [3.05, 3.63) is 42.0 Å². The van der Waals surface area contributed by atoms with Crippen LogP contribution in [0.4, 0.5) is 0 Å². The fourth-order valence-corrected chi connectivity index (χ4v) is 3.51. The summed E-state index contributed by atoms with van der Waals surface area (Å²) in [7, 11) is 0.248. The van der Waals surface area contributed by atoms with Crippen LogP contribution in [0.25, 0.3) is 0 Å². The van der Waals surface area contributed by atoms with Crippen molar-refractivity contribution in [1.29, 1.82) is 0 Å². The monoisotopic (exact) mass is 366 g/mol. The normalized spacial score (nSPS) is 13.3. The molecule has 2 rings (SSSR count). The molecule has 2 aromatic heterocycles. The summed E-state index contributed by atoms with van der Waals surface area (Å²) in [6, 6.07) is 5.94. The van der Waals surface area contributed by atoms with Crippen LogP contribution in [-0.4, -0.2) is 54.9 Å². The van der Waals surface area contributed by atoms with E-state index in [-0.39, 0.29) is 11.2 Å². The molecule has 138 valence electrons. The van der Waals surface area contributed by atoms with E-state index in [1.807, 2.05) is 25.2 Å². The molecule has 1 unspecified atom stereocenters. The first-order valence-electron chi connectivity index (χ1n) is 8.19. The highest BCUT2D eigenvalue weighted by molar-refractivity contribution is 7.90. The van der Waals surface area contributed by atoms with Crippen molar-refractivity contribution in [2.75, 3.05) is 27.0 Å². The van der Waals surface area contributed by atoms with Gasteiger partial charge >= 0.3 is 0 Å². The first-order valence-corrected chi connectivity index (χ1v) is 10.1. The predicted molar refractivity (Wildman–Crippen MR) is 95.9 cm³/mol. The van der Waals surface area contributed by atoms with Gasteiger partial charge in [-0.3, -0.25) is 9.88 Å². The number of hydrogen-bond donors (Lipinski definition) is 0. The Bertz CT molecular complexity index is 774. The Hall–Kier alpha value is -1.77. The summed E-state index contributed by atoms with van der Waals surface area (Å²) in [5.41, 5.74) is 1.83. The predicted octanol–water partition coefficient (Wildman–Crippen LogP) is 1.91. The Morgan fingerprint density at radius 1 is 1.32 bits per heavy atom. The number of imidazole rings is 1. The highest BCUT2D eigenvalue weighted by atomic mass is 32.2. The smallest absolute Gasteiger partial charge is 0.227 e. The number of hydrogen-bond acceptors (Lipinski definition) is 6. The molecule has 8 heteroatoms. The van der Waals surface area contributed by atoms with Gasteiger partial charge in [-0.25, -0.2) is 13.4 Å². The Balaban J connectivity index is 2.21. The van der Waals surface area contributed by atoms with Gasteiger partial charge in [0.1, 0.15) is 0 Å². The lowest BCUT2D eigenvalue weighted by molar-refractivity contribution is 0.187. The lowest BCUT2D eigenvalue weighted by Gasteiger charge is -2.24. The van der Waals surface area contributed by atoms with Crippen LogP contribution in [0.1, 0.15) is 30.8 Å². The van der Waals surface area contributed by atoms with Gasteiger partial charge in [0.2, 0.25) is 15.0 Å². The molecule has 0 aromatic carbocycles. The number of rotatable bonds is 9. The molecular formula is C17H26N4O3S. The van der Waals surface area contributed by atoms with Crippen LogP contribution in [-0.2, 0) is 27.7 Å². The highest BCUT2D eigenvalue weighted by Gasteiger charge is 2.21. The quantitative estimate of drug-likeness (QED) is 0.631. The van der Waals surface area contributed by atoms with Gasteiger partial charge in [-0.2, -0.15) is 0 Å². The molecule has 0 aliphatic heterocycles. The van der Waals surface area contributed by atoms with Crippen LogP contribution in [0.15, 0.2) is 35.7 Å². The summed E-state index contributed by atoms with van der Waals surface area (Å²) < 4.78 is 30.9. The van der Waals surface area contributed by atoms with E-state index in [9.17, 15) is 8.42 Å². The fourth-order valence-electron chi connectivity index (χ4n) is 2.66. The average Bonchev–Trinajstić information content (AvgIpc) is 2.98. The van der Waals surface area contributed by atoms with Gasteiger partial charge in [0.15, 0.2) is 0 Å². The van der Waals surface area contributed by atoms with Crippen molar-refractivity contribution in [2.24, 2.45) is 0 Å². The third-order valence-corrected chi connectivity index (χ3v) is 5.14. The highest BCUT2D eigenvalue weighted by Crippen LogP contribution is 2.20. The zero-order valence-corrected chi connectivity index (χ0v) is 16.0. The summed E-state index contributed by atoms with van der Waals surface area (Å²) in [6.07, 6.45) is 5.33. The van der Waals surface area contributed by atoms with E-state index in [0.29, 0.717) is 19.7 Å². The van der Waals surface area contributed by atoms with Gasteiger partial charge in [0.25, 0.3) is 0 Å². The fraction of sp³-hybridized carbons (Fsp3) is 0.529. The molecule has 0 amide bonds. The Morgan fingerprint density at radius 3 is 2.68 bits per heavy atom. The van der Waals surface area contributed by atoms with Gasteiger partial charge in [0.05, 0.1) is 17.6 Å². The number of sulfone groups is 1. The third kappa shape index (κ3) is 5.10. The lowest BCUT2D eigenvalue weighted by Crippen LogP contribution is -2.25. The Labute approximate surface area is 149 Å². The summed E-state index contributed by atoms with van der Waals surface area (Å²) >= 11 is 0. The molecule has 0 aliphatic carbocycles. The second-order valence-electron chi connectivity index (χ2n) is 6.15. The SMILES string of the molecule is COCCCn1c(CN(C)C(C)c2ccccn2)cnc1S(C)(=O)=O. The second kappa shape index (κ2) is 8.55. The summed E-state index contributed by atoms with van der Waals surface area (Å²) in [5, 5.41) is 0.109. The van der Waals surface area contributed by atoms with Crippen LogP contribution in [0.5, 0.6) is 0 Å². The van der Waals surface area contributed by atoms with Crippen molar-refractivity contribution >= 4 is 9.84 Å². The Morgan fingerprint density at radius 2 is 2.08 bits per heavy atom. The van der Waals surface area contributed by atoms with E-state index in [2.05, 4.69) is 21.8 Å². The minimum atomic E-state index is -3.38. The summed E-state index contributed by atoms with van der Waals surface area (Å²) in [5.74, 6) is 0.